The molecule has 0 bridgehead atoms. The van der Waals surface area contributed by atoms with Crippen molar-refractivity contribution in [3.8, 4) is 0 Å². The predicted molar refractivity (Wildman–Crippen MR) is 104 cm³/mol. The van der Waals surface area contributed by atoms with Gasteiger partial charge in [-0.1, -0.05) is 0 Å². The van der Waals surface area contributed by atoms with E-state index in [4.69, 9.17) is 28.4 Å². The number of esters is 1. The Bertz CT molecular complexity index is 821. The van der Waals surface area contributed by atoms with Crippen molar-refractivity contribution in [2.24, 2.45) is 0 Å². The summed E-state index contributed by atoms with van der Waals surface area (Å²) in [6.45, 7) is 9.16. The molecule has 0 spiro atoms. The minimum absolute atomic E-state index is 0.294. The Morgan fingerprint density at radius 2 is 1.53 bits per heavy atom. The number of benzene rings is 1. The smallest absolute Gasteiger partial charge is 0.338 e. The van der Waals surface area contributed by atoms with E-state index in [-0.39, 0.29) is 0 Å². The van der Waals surface area contributed by atoms with Crippen LogP contribution in [0.15, 0.2) is 24.3 Å². The first-order valence-corrected chi connectivity index (χ1v) is 10.0. The average Bonchev–Trinajstić information content (AvgIpc) is 3.15. The van der Waals surface area contributed by atoms with Crippen LogP contribution in [0, 0.1) is 0 Å². The summed E-state index contributed by atoms with van der Waals surface area (Å²) in [6, 6.07) is 6.43. The Balaban J connectivity index is 1.50. The summed E-state index contributed by atoms with van der Waals surface area (Å²) in [5.41, 5.74) is 0.914. The van der Waals surface area contributed by atoms with Gasteiger partial charge < -0.3 is 33.7 Å². The molecule has 1 amide bonds. The molecule has 0 saturated carbocycles. The Kier molecular flexibility index (Phi) is 5.36. The molecule has 1 aromatic rings. The molecule has 9 nitrogen and oxygen atoms in total. The highest BCUT2D eigenvalue weighted by Crippen LogP contribution is 2.44. The van der Waals surface area contributed by atoms with E-state index in [1.54, 1.807) is 58.9 Å². The molecule has 30 heavy (non-hydrogen) atoms. The van der Waals surface area contributed by atoms with E-state index in [9.17, 15) is 9.59 Å². The van der Waals surface area contributed by atoms with Crippen molar-refractivity contribution in [3.63, 3.8) is 0 Å². The largest absolute Gasteiger partial charge is 0.462 e. The third kappa shape index (κ3) is 4.08. The maximum atomic E-state index is 13.0. The summed E-state index contributed by atoms with van der Waals surface area (Å²) in [7, 11) is 0. The van der Waals surface area contributed by atoms with Gasteiger partial charge in [-0.3, -0.25) is 4.79 Å². The first-order valence-electron chi connectivity index (χ1n) is 10.0. The average molecular weight is 421 g/mol. The van der Waals surface area contributed by atoms with Crippen molar-refractivity contribution in [1.82, 2.24) is 0 Å². The summed E-state index contributed by atoms with van der Waals surface area (Å²) in [5.74, 6) is -2.56. The summed E-state index contributed by atoms with van der Waals surface area (Å²) in [6.07, 6.45) is -3.37. The highest BCUT2D eigenvalue weighted by atomic mass is 16.9. The lowest BCUT2D eigenvalue weighted by atomic mass is 9.98. The van der Waals surface area contributed by atoms with Crippen LogP contribution in [0.1, 0.15) is 45.0 Å². The molecule has 1 aromatic carbocycles. The van der Waals surface area contributed by atoms with Gasteiger partial charge in [-0.15, -0.1) is 0 Å². The molecule has 5 atom stereocenters. The third-order valence-electron chi connectivity index (χ3n) is 5.08. The fourth-order valence-electron chi connectivity index (χ4n) is 3.94. The van der Waals surface area contributed by atoms with Crippen LogP contribution in [0.5, 0.6) is 0 Å². The zero-order chi connectivity index (χ0) is 21.7. The molecule has 3 saturated heterocycles. The fourth-order valence-corrected chi connectivity index (χ4v) is 3.94. The Hall–Kier alpha value is -2.04. The number of carbonyl (C=O) groups excluding carboxylic acids is 2. The van der Waals surface area contributed by atoms with Gasteiger partial charge in [-0.2, -0.15) is 0 Å². The fraction of sp³-hybridized carbons (Fsp3) is 0.619. The van der Waals surface area contributed by atoms with Gasteiger partial charge in [0.1, 0.15) is 18.3 Å². The highest BCUT2D eigenvalue weighted by Gasteiger charge is 2.62. The van der Waals surface area contributed by atoms with Gasteiger partial charge in [0, 0.05) is 5.69 Å². The standard InChI is InChI=1S/C21H27NO8/c1-6-25-18(24)11-7-9-12(10-8-11)22-17(23)15-13-14(28-20(2,3)27-13)16-19(26-15)30-21(4,5)29-16/h7-10,13-16,19H,6H2,1-5H3,(H,22,23)/t13-,14-,15+,16-,19+/m0/s1. The monoisotopic (exact) mass is 421 g/mol. The van der Waals surface area contributed by atoms with Gasteiger partial charge in [0.05, 0.1) is 12.2 Å². The van der Waals surface area contributed by atoms with E-state index in [1.807, 2.05) is 0 Å². The normalized spacial score (nSPS) is 33.4. The number of ether oxygens (including phenoxy) is 6. The molecule has 3 aliphatic rings. The number of anilines is 1. The topological polar surface area (TPSA) is 102 Å². The van der Waals surface area contributed by atoms with Crippen LogP contribution in [0.3, 0.4) is 0 Å². The molecule has 3 aliphatic heterocycles. The second kappa shape index (κ2) is 7.58. The van der Waals surface area contributed by atoms with Crippen molar-refractivity contribution in [1.29, 1.82) is 0 Å². The molecule has 9 heteroatoms. The number of hydrogen-bond donors (Lipinski definition) is 1. The van der Waals surface area contributed by atoms with Crippen molar-refractivity contribution in [2.75, 3.05) is 11.9 Å². The van der Waals surface area contributed by atoms with Crippen LogP contribution in [0.4, 0.5) is 5.69 Å². The molecule has 0 aromatic heterocycles. The Morgan fingerprint density at radius 3 is 2.20 bits per heavy atom. The molecule has 4 rings (SSSR count). The lowest BCUT2D eigenvalue weighted by Crippen LogP contribution is -2.58. The van der Waals surface area contributed by atoms with E-state index < -0.39 is 54.2 Å². The predicted octanol–water partition coefficient (Wildman–Crippen LogP) is 2.20. The first-order chi connectivity index (χ1) is 14.1. The van der Waals surface area contributed by atoms with Crippen molar-refractivity contribution in [2.45, 2.75) is 76.9 Å². The molecule has 3 heterocycles. The summed E-state index contributed by atoms with van der Waals surface area (Å²) in [5, 5.41) is 2.80. The molecule has 3 fully saturated rings. The van der Waals surface area contributed by atoms with E-state index in [1.165, 1.54) is 0 Å². The third-order valence-corrected chi connectivity index (χ3v) is 5.08. The summed E-state index contributed by atoms with van der Waals surface area (Å²) >= 11 is 0. The number of carbonyl (C=O) groups is 2. The molecular formula is C21H27NO8. The molecule has 164 valence electrons. The van der Waals surface area contributed by atoms with Gasteiger partial charge in [0.15, 0.2) is 24.0 Å². The van der Waals surface area contributed by atoms with Crippen molar-refractivity contribution < 1.29 is 38.0 Å². The highest BCUT2D eigenvalue weighted by molar-refractivity contribution is 5.96. The molecule has 0 aliphatic carbocycles. The zero-order valence-corrected chi connectivity index (χ0v) is 17.7. The second-order valence-corrected chi connectivity index (χ2v) is 8.38. The van der Waals surface area contributed by atoms with Gasteiger partial charge >= 0.3 is 5.97 Å². The van der Waals surface area contributed by atoms with Crippen LogP contribution >= 0.6 is 0 Å². The first kappa shape index (κ1) is 21.2. The molecule has 1 N–H and O–H groups in total. The minimum atomic E-state index is -0.958. The maximum Gasteiger partial charge on any atom is 0.338 e. The van der Waals surface area contributed by atoms with Gasteiger partial charge in [0.2, 0.25) is 0 Å². The Labute approximate surface area is 174 Å². The summed E-state index contributed by atoms with van der Waals surface area (Å²) in [4.78, 5) is 24.8. The van der Waals surface area contributed by atoms with Crippen molar-refractivity contribution in [3.05, 3.63) is 29.8 Å². The van der Waals surface area contributed by atoms with Crippen LogP contribution in [-0.2, 0) is 33.2 Å². The van der Waals surface area contributed by atoms with Crippen LogP contribution in [0.2, 0.25) is 0 Å². The van der Waals surface area contributed by atoms with Crippen LogP contribution in [0.25, 0.3) is 0 Å². The van der Waals surface area contributed by atoms with Gasteiger partial charge in [-0.05, 0) is 58.9 Å². The zero-order valence-electron chi connectivity index (χ0n) is 17.7. The second-order valence-electron chi connectivity index (χ2n) is 8.38. The van der Waals surface area contributed by atoms with E-state index in [2.05, 4.69) is 5.32 Å². The van der Waals surface area contributed by atoms with Gasteiger partial charge in [0.25, 0.3) is 5.91 Å². The molecule has 0 radical (unpaired) electrons. The lowest BCUT2D eigenvalue weighted by Gasteiger charge is -2.36. The number of rotatable bonds is 4. The van der Waals surface area contributed by atoms with Crippen LogP contribution in [-0.4, -0.2) is 60.8 Å². The number of nitrogens with one attached hydrogen (secondary N) is 1. The maximum absolute atomic E-state index is 13.0. The van der Waals surface area contributed by atoms with E-state index in [0.717, 1.165) is 0 Å². The molecular weight excluding hydrogens is 394 g/mol. The summed E-state index contributed by atoms with van der Waals surface area (Å²) < 4.78 is 34.6. The quantitative estimate of drug-likeness (QED) is 0.739. The number of hydrogen-bond acceptors (Lipinski definition) is 8. The minimum Gasteiger partial charge on any atom is -0.462 e. The van der Waals surface area contributed by atoms with E-state index in [0.29, 0.717) is 17.9 Å². The van der Waals surface area contributed by atoms with E-state index >= 15 is 0 Å². The SMILES string of the molecule is CCOC(=O)c1ccc(NC(=O)[C@@H]2O[C@@H]3OC(C)(C)O[C@H]3[C@H]3OC(C)(C)O[C@@H]32)cc1. The Morgan fingerprint density at radius 1 is 0.933 bits per heavy atom. The van der Waals surface area contributed by atoms with Gasteiger partial charge in [-0.25, -0.2) is 4.79 Å². The number of fused-ring (bicyclic) bond motifs is 3. The molecule has 0 unspecified atom stereocenters. The van der Waals surface area contributed by atoms with Crippen molar-refractivity contribution >= 4 is 17.6 Å². The lowest BCUT2D eigenvalue weighted by molar-refractivity contribution is -0.229. The number of amides is 1. The van der Waals surface area contributed by atoms with Crippen LogP contribution < -0.4 is 5.32 Å².